The Hall–Kier alpha value is -2.87. The number of hydrogen-bond donors (Lipinski definition) is 0. The van der Waals surface area contributed by atoms with Crippen LogP contribution in [-0.2, 0) is 23.1 Å². The number of amides is 2. The Labute approximate surface area is 233 Å². The molecule has 0 radical (unpaired) electrons. The molecule has 1 spiro atoms. The standard InChI is InChI=1S/C31H45N5O3/c1-22(2)25-9-7-8-10-26(25)27-20-34(19-23-17-32-33(6)18-23)21-28(37)36(27)24-15-31(16-24)11-13-35(14-12-31)29(38)39-30(3,4)5/h7-10,17-18,22,24,27H,11-16,19-21H2,1-6H3/t27-/m0/s1. The molecule has 1 atom stereocenters. The Morgan fingerprint density at radius 2 is 1.85 bits per heavy atom. The molecule has 3 aliphatic rings. The summed E-state index contributed by atoms with van der Waals surface area (Å²) in [5.41, 5.74) is 3.47. The highest BCUT2D eigenvalue weighted by atomic mass is 16.6. The molecule has 1 aliphatic carbocycles. The van der Waals surface area contributed by atoms with Crippen molar-refractivity contribution in [3.63, 3.8) is 0 Å². The molecule has 3 fully saturated rings. The highest BCUT2D eigenvalue weighted by molar-refractivity contribution is 5.80. The Morgan fingerprint density at radius 3 is 2.46 bits per heavy atom. The molecule has 1 aromatic heterocycles. The van der Waals surface area contributed by atoms with E-state index in [-0.39, 0.29) is 29.5 Å². The number of aromatic nitrogens is 2. The zero-order chi connectivity index (χ0) is 27.9. The highest BCUT2D eigenvalue weighted by Crippen LogP contribution is 2.53. The van der Waals surface area contributed by atoms with Crippen molar-refractivity contribution in [2.45, 2.75) is 90.4 Å². The van der Waals surface area contributed by atoms with E-state index >= 15 is 0 Å². The lowest BCUT2D eigenvalue weighted by atomic mass is 9.59. The summed E-state index contributed by atoms with van der Waals surface area (Å²) in [5, 5.41) is 4.33. The third-order valence-corrected chi connectivity index (χ3v) is 8.76. The van der Waals surface area contributed by atoms with Crippen LogP contribution in [0.1, 0.15) is 89.0 Å². The van der Waals surface area contributed by atoms with Crippen LogP contribution in [0.25, 0.3) is 0 Å². The predicted molar refractivity (Wildman–Crippen MR) is 151 cm³/mol. The van der Waals surface area contributed by atoms with E-state index in [1.54, 1.807) is 0 Å². The number of aryl methyl sites for hydroxylation is 1. The molecule has 5 rings (SSSR count). The smallest absolute Gasteiger partial charge is 0.410 e. The number of piperazine rings is 1. The van der Waals surface area contributed by atoms with Gasteiger partial charge in [-0.25, -0.2) is 4.79 Å². The second kappa shape index (κ2) is 10.6. The summed E-state index contributed by atoms with van der Waals surface area (Å²) in [5.74, 6) is 0.608. The number of piperidine rings is 1. The molecule has 2 amide bonds. The Balaban J connectivity index is 1.31. The number of likely N-dealkylation sites (tertiary alicyclic amines) is 1. The zero-order valence-electron chi connectivity index (χ0n) is 24.5. The van der Waals surface area contributed by atoms with Crippen LogP contribution in [0.5, 0.6) is 0 Å². The van der Waals surface area contributed by atoms with Crippen LogP contribution in [0.15, 0.2) is 36.7 Å². The first kappa shape index (κ1) is 27.7. The number of rotatable bonds is 5. The van der Waals surface area contributed by atoms with Gasteiger partial charge in [0.15, 0.2) is 0 Å². The van der Waals surface area contributed by atoms with Gasteiger partial charge in [-0.3, -0.25) is 14.4 Å². The monoisotopic (exact) mass is 535 g/mol. The summed E-state index contributed by atoms with van der Waals surface area (Å²) in [4.78, 5) is 32.8. The Bertz CT molecular complexity index is 1180. The normalized spacial score (nSPS) is 22.4. The first-order valence-electron chi connectivity index (χ1n) is 14.5. The molecule has 1 saturated carbocycles. The van der Waals surface area contributed by atoms with Crippen molar-refractivity contribution in [2.24, 2.45) is 12.5 Å². The van der Waals surface area contributed by atoms with E-state index in [0.717, 1.165) is 57.4 Å². The van der Waals surface area contributed by atoms with Gasteiger partial charge >= 0.3 is 6.09 Å². The van der Waals surface area contributed by atoms with E-state index in [9.17, 15) is 9.59 Å². The SMILES string of the molecule is CC(C)c1ccccc1[C@@H]1CN(Cc2cnn(C)c2)CC(=O)N1C1CC2(CCN(C(=O)OC(C)(C)C)CC2)C1. The van der Waals surface area contributed by atoms with E-state index < -0.39 is 5.60 Å². The molecule has 0 N–H and O–H groups in total. The van der Waals surface area contributed by atoms with Gasteiger partial charge in [-0.15, -0.1) is 0 Å². The van der Waals surface area contributed by atoms with Gasteiger partial charge in [0.1, 0.15) is 5.60 Å². The third kappa shape index (κ3) is 6.01. The van der Waals surface area contributed by atoms with Gasteiger partial charge in [-0.05, 0) is 68.9 Å². The highest BCUT2D eigenvalue weighted by Gasteiger charge is 2.52. The lowest BCUT2D eigenvalue weighted by molar-refractivity contribution is -0.153. The van der Waals surface area contributed by atoms with E-state index in [1.807, 2.05) is 49.8 Å². The fraction of sp³-hybridized carbons (Fsp3) is 0.645. The summed E-state index contributed by atoms with van der Waals surface area (Å²) in [6.07, 6.45) is 7.71. The summed E-state index contributed by atoms with van der Waals surface area (Å²) in [7, 11) is 1.93. The molecule has 2 saturated heterocycles. The van der Waals surface area contributed by atoms with E-state index in [0.29, 0.717) is 12.5 Å². The quantitative estimate of drug-likeness (QED) is 0.532. The van der Waals surface area contributed by atoms with Crippen molar-refractivity contribution in [1.82, 2.24) is 24.5 Å². The Morgan fingerprint density at radius 1 is 1.15 bits per heavy atom. The molecule has 2 aromatic rings. The molecule has 0 unspecified atom stereocenters. The number of carbonyl (C=O) groups is 2. The molecular formula is C31H45N5O3. The van der Waals surface area contributed by atoms with Gasteiger partial charge in [0.25, 0.3) is 0 Å². The topological polar surface area (TPSA) is 70.9 Å². The number of carbonyl (C=O) groups excluding carboxylic acids is 2. The number of benzene rings is 1. The molecule has 3 heterocycles. The molecule has 39 heavy (non-hydrogen) atoms. The maximum atomic E-state index is 13.8. The zero-order valence-corrected chi connectivity index (χ0v) is 24.5. The molecule has 1 aromatic carbocycles. The van der Waals surface area contributed by atoms with Crippen molar-refractivity contribution in [1.29, 1.82) is 0 Å². The maximum Gasteiger partial charge on any atom is 0.410 e. The molecule has 212 valence electrons. The van der Waals surface area contributed by atoms with E-state index in [4.69, 9.17) is 4.74 Å². The molecule has 8 heteroatoms. The van der Waals surface area contributed by atoms with Crippen LogP contribution in [0.2, 0.25) is 0 Å². The summed E-state index contributed by atoms with van der Waals surface area (Å²) in [6, 6.07) is 8.94. The van der Waals surface area contributed by atoms with Crippen molar-refractivity contribution in [3.8, 4) is 0 Å². The summed E-state index contributed by atoms with van der Waals surface area (Å²) in [6.45, 7) is 13.6. The van der Waals surface area contributed by atoms with Crippen molar-refractivity contribution in [3.05, 3.63) is 53.3 Å². The first-order valence-corrected chi connectivity index (χ1v) is 14.5. The Kier molecular flexibility index (Phi) is 7.53. The van der Waals surface area contributed by atoms with Crippen LogP contribution in [-0.4, -0.2) is 74.3 Å². The van der Waals surface area contributed by atoms with Gasteiger partial charge in [0.2, 0.25) is 5.91 Å². The maximum absolute atomic E-state index is 13.8. The lowest BCUT2D eigenvalue weighted by Gasteiger charge is -2.58. The minimum absolute atomic E-state index is 0.0331. The average Bonchev–Trinajstić information content (AvgIpc) is 3.25. The predicted octanol–water partition coefficient (Wildman–Crippen LogP) is 5.11. The summed E-state index contributed by atoms with van der Waals surface area (Å²) < 4.78 is 7.42. The molecular weight excluding hydrogens is 490 g/mol. The largest absolute Gasteiger partial charge is 0.444 e. The van der Waals surface area contributed by atoms with Crippen LogP contribution in [0.4, 0.5) is 4.79 Å². The van der Waals surface area contributed by atoms with Gasteiger partial charge in [0, 0.05) is 51.0 Å². The molecule has 0 bridgehead atoms. The van der Waals surface area contributed by atoms with Gasteiger partial charge in [-0.1, -0.05) is 38.1 Å². The minimum atomic E-state index is -0.478. The van der Waals surface area contributed by atoms with Crippen LogP contribution < -0.4 is 0 Å². The van der Waals surface area contributed by atoms with Gasteiger partial charge < -0.3 is 14.5 Å². The van der Waals surface area contributed by atoms with Crippen LogP contribution >= 0.6 is 0 Å². The fourth-order valence-corrected chi connectivity index (χ4v) is 6.86. The van der Waals surface area contributed by atoms with Crippen LogP contribution in [0.3, 0.4) is 0 Å². The fourth-order valence-electron chi connectivity index (χ4n) is 6.86. The number of ether oxygens (including phenoxy) is 1. The number of hydrogen-bond acceptors (Lipinski definition) is 5. The first-order chi connectivity index (χ1) is 18.4. The molecule has 8 nitrogen and oxygen atoms in total. The minimum Gasteiger partial charge on any atom is -0.444 e. The molecule has 2 aliphatic heterocycles. The van der Waals surface area contributed by atoms with Crippen molar-refractivity contribution in [2.75, 3.05) is 26.2 Å². The second-order valence-corrected chi connectivity index (χ2v) is 13.3. The van der Waals surface area contributed by atoms with E-state index in [2.05, 4.69) is 53.0 Å². The third-order valence-electron chi connectivity index (χ3n) is 8.76. The van der Waals surface area contributed by atoms with Gasteiger partial charge in [0.05, 0.1) is 18.8 Å². The second-order valence-electron chi connectivity index (χ2n) is 13.3. The number of nitrogens with zero attached hydrogens (tertiary/aromatic N) is 5. The van der Waals surface area contributed by atoms with E-state index in [1.165, 1.54) is 11.1 Å². The summed E-state index contributed by atoms with van der Waals surface area (Å²) >= 11 is 0. The van der Waals surface area contributed by atoms with Crippen molar-refractivity contribution >= 4 is 12.0 Å². The van der Waals surface area contributed by atoms with Crippen molar-refractivity contribution < 1.29 is 14.3 Å². The van der Waals surface area contributed by atoms with Crippen LogP contribution in [0, 0.1) is 5.41 Å². The van der Waals surface area contributed by atoms with Gasteiger partial charge in [-0.2, -0.15) is 5.10 Å². The average molecular weight is 536 g/mol. The lowest BCUT2D eigenvalue weighted by Crippen LogP contribution is -2.62.